The molecule has 0 bridgehead atoms. The molecule has 26 heavy (non-hydrogen) atoms. The van der Waals surface area contributed by atoms with Gasteiger partial charge in [0.15, 0.2) is 0 Å². The molecule has 0 aliphatic heterocycles. The first-order valence-electron chi connectivity index (χ1n) is 8.79. The summed E-state index contributed by atoms with van der Waals surface area (Å²) in [4.78, 5) is 26.4. The number of likely N-dealkylation sites (N-methyl/N-ethyl adjacent to an activating group) is 2. The molecule has 0 saturated carbocycles. The van der Waals surface area contributed by atoms with Crippen molar-refractivity contribution in [1.82, 2.24) is 9.91 Å². The summed E-state index contributed by atoms with van der Waals surface area (Å²) < 4.78 is 5.41. The van der Waals surface area contributed by atoms with Crippen molar-refractivity contribution in [2.24, 2.45) is 11.0 Å². The molecule has 0 unspecified atom stereocenters. The van der Waals surface area contributed by atoms with E-state index in [4.69, 9.17) is 4.74 Å². The normalized spacial score (nSPS) is 11.1. The fraction of sp³-hybridized carbons (Fsp3) is 0.550. The molecule has 0 radical (unpaired) electrons. The molecule has 6 heteroatoms. The predicted molar refractivity (Wildman–Crippen MR) is 104 cm³/mol. The lowest BCUT2D eigenvalue weighted by atomic mass is 10.0. The summed E-state index contributed by atoms with van der Waals surface area (Å²) >= 11 is 0. The van der Waals surface area contributed by atoms with Crippen LogP contribution in [0, 0.1) is 5.92 Å². The van der Waals surface area contributed by atoms with Gasteiger partial charge in [-0.1, -0.05) is 26.0 Å². The molecule has 0 fully saturated rings. The quantitative estimate of drug-likeness (QED) is 0.569. The fourth-order valence-corrected chi connectivity index (χ4v) is 2.45. The van der Waals surface area contributed by atoms with E-state index in [0.717, 1.165) is 12.1 Å². The number of ether oxygens (including phenoxy) is 1. The van der Waals surface area contributed by atoms with E-state index >= 15 is 0 Å². The van der Waals surface area contributed by atoms with Crippen molar-refractivity contribution in [1.29, 1.82) is 0 Å². The van der Waals surface area contributed by atoms with Crippen LogP contribution >= 0.6 is 0 Å². The van der Waals surface area contributed by atoms with Gasteiger partial charge in [-0.3, -0.25) is 9.69 Å². The standard InChI is InChI=1S/C20H31N3O3/c1-14(2)13-16-9-11-17(12-10-16)26-19(25)22(7)20(5,6)18(24)23(8)21-15(3)4/h9-12,14H,13H2,1-8H3. The van der Waals surface area contributed by atoms with Gasteiger partial charge in [0.25, 0.3) is 5.91 Å². The van der Waals surface area contributed by atoms with Gasteiger partial charge in [0.2, 0.25) is 0 Å². The summed E-state index contributed by atoms with van der Waals surface area (Å²) in [6, 6.07) is 7.45. The molecule has 144 valence electrons. The van der Waals surface area contributed by atoms with Crippen molar-refractivity contribution in [3.8, 4) is 5.75 Å². The van der Waals surface area contributed by atoms with Gasteiger partial charge in [0.1, 0.15) is 11.3 Å². The molecule has 0 aliphatic carbocycles. The topological polar surface area (TPSA) is 62.2 Å². The lowest BCUT2D eigenvalue weighted by Gasteiger charge is -2.34. The number of carbonyl (C=O) groups excluding carboxylic acids is 2. The van der Waals surface area contributed by atoms with Crippen molar-refractivity contribution < 1.29 is 14.3 Å². The van der Waals surface area contributed by atoms with Crippen LogP contribution in [0.15, 0.2) is 29.4 Å². The average Bonchev–Trinajstić information content (AvgIpc) is 2.53. The van der Waals surface area contributed by atoms with E-state index in [1.807, 2.05) is 12.1 Å². The molecule has 0 aliphatic rings. The molecular weight excluding hydrogens is 330 g/mol. The third-order valence-corrected chi connectivity index (χ3v) is 4.05. The van der Waals surface area contributed by atoms with Crippen LogP contribution in [-0.2, 0) is 11.2 Å². The number of hydrogen-bond acceptors (Lipinski definition) is 4. The Labute approximate surface area is 156 Å². The second kappa shape index (κ2) is 8.83. The van der Waals surface area contributed by atoms with Crippen molar-refractivity contribution in [3.63, 3.8) is 0 Å². The number of amides is 2. The SMILES string of the molecule is CC(C)=NN(C)C(=O)C(C)(C)N(C)C(=O)Oc1ccc(CC(C)C)cc1. The number of benzene rings is 1. The van der Waals surface area contributed by atoms with Crippen molar-refractivity contribution in [2.75, 3.05) is 14.1 Å². The van der Waals surface area contributed by atoms with E-state index in [1.54, 1.807) is 53.9 Å². The van der Waals surface area contributed by atoms with Gasteiger partial charge in [-0.15, -0.1) is 0 Å². The third kappa shape index (κ3) is 5.86. The van der Waals surface area contributed by atoms with E-state index in [1.165, 1.54) is 15.5 Å². The lowest BCUT2D eigenvalue weighted by molar-refractivity contribution is -0.139. The Morgan fingerprint density at radius 3 is 2.12 bits per heavy atom. The highest BCUT2D eigenvalue weighted by Gasteiger charge is 2.38. The van der Waals surface area contributed by atoms with Crippen LogP contribution in [0.5, 0.6) is 5.75 Å². The number of hydrogen-bond donors (Lipinski definition) is 0. The summed E-state index contributed by atoms with van der Waals surface area (Å²) in [6.07, 6.45) is 0.380. The minimum absolute atomic E-state index is 0.301. The first-order chi connectivity index (χ1) is 11.9. The van der Waals surface area contributed by atoms with E-state index in [9.17, 15) is 9.59 Å². The van der Waals surface area contributed by atoms with Crippen LogP contribution in [0.1, 0.15) is 47.1 Å². The molecule has 0 saturated heterocycles. The largest absolute Gasteiger partial charge is 0.415 e. The number of nitrogens with zero attached hydrogens (tertiary/aromatic N) is 3. The maximum Gasteiger partial charge on any atom is 0.415 e. The van der Waals surface area contributed by atoms with Gasteiger partial charge in [0.05, 0.1) is 0 Å². The van der Waals surface area contributed by atoms with Gasteiger partial charge >= 0.3 is 6.09 Å². The summed E-state index contributed by atoms with van der Waals surface area (Å²) in [6.45, 7) is 11.3. The molecule has 1 rings (SSSR count). The third-order valence-electron chi connectivity index (χ3n) is 4.05. The van der Waals surface area contributed by atoms with E-state index in [2.05, 4.69) is 18.9 Å². The predicted octanol–water partition coefficient (Wildman–Crippen LogP) is 3.95. The summed E-state index contributed by atoms with van der Waals surface area (Å²) in [5.74, 6) is 0.714. The highest BCUT2D eigenvalue weighted by atomic mass is 16.6. The zero-order chi connectivity index (χ0) is 20.1. The van der Waals surface area contributed by atoms with Crippen LogP contribution in [0.25, 0.3) is 0 Å². The molecule has 2 amide bonds. The minimum Gasteiger partial charge on any atom is -0.410 e. The maximum absolute atomic E-state index is 12.6. The average molecular weight is 361 g/mol. The summed E-state index contributed by atoms with van der Waals surface area (Å²) in [7, 11) is 3.12. The Morgan fingerprint density at radius 2 is 1.65 bits per heavy atom. The van der Waals surface area contributed by atoms with Gasteiger partial charge in [-0.2, -0.15) is 5.10 Å². The Kier molecular flexibility index (Phi) is 7.36. The summed E-state index contributed by atoms with van der Waals surface area (Å²) in [5, 5.41) is 5.37. The van der Waals surface area contributed by atoms with Crippen LogP contribution in [0.3, 0.4) is 0 Å². The Balaban J connectivity index is 2.82. The van der Waals surface area contributed by atoms with Gasteiger partial charge in [-0.05, 0) is 57.7 Å². The first-order valence-corrected chi connectivity index (χ1v) is 8.79. The van der Waals surface area contributed by atoms with Gasteiger partial charge in [-0.25, -0.2) is 9.80 Å². The Bertz CT molecular complexity index is 659. The van der Waals surface area contributed by atoms with E-state index < -0.39 is 11.6 Å². The molecule has 0 heterocycles. The second-order valence-electron chi connectivity index (χ2n) is 7.60. The molecule has 1 aromatic rings. The molecule has 6 nitrogen and oxygen atoms in total. The van der Waals surface area contributed by atoms with Crippen LogP contribution in [0.4, 0.5) is 4.79 Å². The van der Waals surface area contributed by atoms with Crippen LogP contribution in [-0.4, -0.2) is 47.3 Å². The summed E-state index contributed by atoms with van der Waals surface area (Å²) in [5.41, 5.74) is 0.851. The van der Waals surface area contributed by atoms with Crippen LogP contribution < -0.4 is 4.74 Å². The molecular formula is C20H31N3O3. The molecule has 0 spiro atoms. The minimum atomic E-state index is -1.09. The van der Waals surface area contributed by atoms with Crippen molar-refractivity contribution >= 4 is 17.7 Å². The molecule has 0 aromatic heterocycles. The maximum atomic E-state index is 12.6. The number of hydrazone groups is 1. The second-order valence-corrected chi connectivity index (χ2v) is 7.60. The molecule has 1 aromatic carbocycles. The van der Waals surface area contributed by atoms with Gasteiger partial charge < -0.3 is 4.74 Å². The van der Waals surface area contributed by atoms with Crippen molar-refractivity contribution in [2.45, 2.75) is 53.5 Å². The Hall–Kier alpha value is -2.37. The van der Waals surface area contributed by atoms with E-state index in [-0.39, 0.29) is 5.91 Å². The van der Waals surface area contributed by atoms with E-state index in [0.29, 0.717) is 11.7 Å². The zero-order valence-electron chi connectivity index (χ0n) is 17.2. The highest BCUT2D eigenvalue weighted by Crippen LogP contribution is 2.20. The molecule has 0 N–H and O–H groups in total. The molecule has 0 atom stereocenters. The first kappa shape index (κ1) is 21.7. The lowest BCUT2D eigenvalue weighted by Crippen LogP contribution is -2.55. The number of rotatable bonds is 6. The zero-order valence-corrected chi connectivity index (χ0v) is 17.2. The Morgan fingerprint density at radius 1 is 1.12 bits per heavy atom. The highest BCUT2D eigenvalue weighted by molar-refractivity contribution is 5.90. The fourth-order valence-electron chi connectivity index (χ4n) is 2.45. The van der Waals surface area contributed by atoms with Crippen LogP contribution in [0.2, 0.25) is 0 Å². The smallest absolute Gasteiger partial charge is 0.410 e. The monoisotopic (exact) mass is 361 g/mol. The number of carbonyl (C=O) groups is 2. The van der Waals surface area contributed by atoms with Gasteiger partial charge in [0, 0.05) is 19.8 Å². The van der Waals surface area contributed by atoms with Crippen molar-refractivity contribution in [3.05, 3.63) is 29.8 Å².